The molecule has 2 N–H and O–H groups in total. The van der Waals surface area contributed by atoms with E-state index in [4.69, 9.17) is 5.26 Å². The zero-order chi connectivity index (χ0) is 12.4. The first-order chi connectivity index (χ1) is 8.86. The van der Waals surface area contributed by atoms with E-state index in [-0.39, 0.29) is 0 Å². The molecule has 18 heavy (non-hydrogen) atoms. The molecule has 86 valence electrons. The minimum absolute atomic E-state index is 0.622. The van der Waals surface area contributed by atoms with Crippen molar-refractivity contribution in [1.29, 1.82) is 5.26 Å². The standard InChI is InChI=1S/C12H8N6/c13-5-8-1-3-9(4-2-8)17-11-10-6-16-18-12(10)15-7-14-11/h1-4,6-7H,(H2,14,15,16,17,18). The first-order valence-corrected chi connectivity index (χ1v) is 5.28. The fraction of sp³-hybridized carbons (Fsp3) is 0. The molecular weight excluding hydrogens is 228 g/mol. The first-order valence-electron chi connectivity index (χ1n) is 5.28. The Morgan fingerprint density at radius 3 is 2.78 bits per heavy atom. The number of rotatable bonds is 2. The molecular formula is C12H8N6. The molecule has 0 bridgehead atoms. The van der Waals surface area contributed by atoms with Gasteiger partial charge in [0.1, 0.15) is 12.1 Å². The van der Waals surface area contributed by atoms with Crippen LogP contribution in [0.1, 0.15) is 5.56 Å². The molecule has 0 aliphatic rings. The van der Waals surface area contributed by atoms with E-state index in [1.807, 2.05) is 12.1 Å². The van der Waals surface area contributed by atoms with Crippen LogP contribution in [0.5, 0.6) is 0 Å². The number of nitrogens with zero attached hydrogens (tertiary/aromatic N) is 4. The Morgan fingerprint density at radius 1 is 1.17 bits per heavy atom. The predicted molar refractivity (Wildman–Crippen MR) is 66.1 cm³/mol. The number of fused-ring (bicyclic) bond motifs is 1. The molecule has 0 saturated heterocycles. The molecule has 0 aliphatic heterocycles. The Morgan fingerprint density at radius 2 is 2.00 bits per heavy atom. The van der Waals surface area contributed by atoms with E-state index in [9.17, 15) is 0 Å². The average molecular weight is 236 g/mol. The molecule has 0 unspecified atom stereocenters. The summed E-state index contributed by atoms with van der Waals surface area (Å²) in [4.78, 5) is 8.23. The summed E-state index contributed by atoms with van der Waals surface area (Å²) >= 11 is 0. The van der Waals surface area contributed by atoms with Crippen molar-refractivity contribution in [3.63, 3.8) is 0 Å². The van der Waals surface area contributed by atoms with E-state index in [2.05, 4.69) is 31.6 Å². The Balaban J connectivity index is 1.96. The number of aromatic nitrogens is 4. The summed E-state index contributed by atoms with van der Waals surface area (Å²) in [6, 6.07) is 9.22. The van der Waals surface area contributed by atoms with Gasteiger partial charge in [-0.15, -0.1) is 0 Å². The van der Waals surface area contributed by atoms with Gasteiger partial charge in [-0.25, -0.2) is 9.97 Å². The van der Waals surface area contributed by atoms with Crippen LogP contribution in [-0.4, -0.2) is 20.2 Å². The Kier molecular flexibility index (Phi) is 2.35. The van der Waals surface area contributed by atoms with Crippen LogP contribution in [0.2, 0.25) is 0 Å². The third kappa shape index (κ3) is 1.74. The second-order valence-electron chi connectivity index (χ2n) is 3.67. The molecule has 1 aromatic carbocycles. The third-order valence-electron chi connectivity index (χ3n) is 2.52. The molecule has 2 heterocycles. The lowest BCUT2D eigenvalue weighted by Gasteiger charge is -2.05. The summed E-state index contributed by atoms with van der Waals surface area (Å²) in [5, 5.41) is 19.4. The minimum atomic E-state index is 0.622. The van der Waals surface area contributed by atoms with E-state index >= 15 is 0 Å². The maximum atomic E-state index is 8.73. The normalized spacial score (nSPS) is 10.2. The SMILES string of the molecule is N#Cc1ccc(Nc2ncnc3[nH]ncc23)cc1. The van der Waals surface area contributed by atoms with Crippen molar-refractivity contribution in [2.24, 2.45) is 0 Å². The Hall–Kier alpha value is -2.94. The number of H-pyrrole nitrogens is 1. The molecule has 0 atom stereocenters. The van der Waals surface area contributed by atoms with Crippen molar-refractivity contribution in [2.45, 2.75) is 0 Å². The Labute approximate surface area is 102 Å². The van der Waals surface area contributed by atoms with Crippen LogP contribution >= 0.6 is 0 Å². The van der Waals surface area contributed by atoms with E-state index in [0.29, 0.717) is 17.0 Å². The van der Waals surface area contributed by atoms with Crippen molar-refractivity contribution >= 4 is 22.5 Å². The summed E-state index contributed by atoms with van der Waals surface area (Å²) < 4.78 is 0. The van der Waals surface area contributed by atoms with Crippen LogP contribution in [0, 0.1) is 11.3 Å². The maximum absolute atomic E-state index is 8.73. The molecule has 0 amide bonds. The highest BCUT2D eigenvalue weighted by Crippen LogP contribution is 2.21. The van der Waals surface area contributed by atoms with Gasteiger partial charge in [0.25, 0.3) is 0 Å². The van der Waals surface area contributed by atoms with Crippen LogP contribution in [0.15, 0.2) is 36.8 Å². The van der Waals surface area contributed by atoms with Crippen molar-refractivity contribution in [1.82, 2.24) is 20.2 Å². The highest BCUT2D eigenvalue weighted by molar-refractivity contribution is 5.87. The summed E-state index contributed by atoms with van der Waals surface area (Å²) in [5.74, 6) is 0.679. The van der Waals surface area contributed by atoms with Gasteiger partial charge in [-0.1, -0.05) is 0 Å². The molecule has 3 aromatic rings. The van der Waals surface area contributed by atoms with Gasteiger partial charge in [0.05, 0.1) is 23.2 Å². The quantitative estimate of drug-likeness (QED) is 0.709. The average Bonchev–Trinajstić information content (AvgIpc) is 2.89. The lowest BCUT2D eigenvalue weighted by atomic mass is 10.2. The number of anilines is 2. The van der Waals surface area contributed by atoms with Crippen molar-refractivity contribution in [3.05, 3.63) is 42.4 Å². The largest absolute Gasteiger partial charge is 0.340 e. The van der Waals surface area contributed by atoms with Gasteiger partial charge in [0, 0.05) is 5.69 Å². The number of hydrogen-bond donors (Lipinski definition) is 2. The van der Waals surface area contributed by atoms with Crippen molar-refractivity contribution < 1.29 is 0 Å². The van der Waals surface area contributed by atoms with Gasteiger partial charge in [-0.05, 0) is 24.3 Å². The molecule has 3 rings (SSSR count). The zero-order valence-corrected chi connectivity index (χ0v) is 9.25. The van der Waals surface area contributed by atoms with Crippen LogP contribution < -0.4 is 5.32 Å². The highest BCUT2D eigenvalue weighted by atomic mass is 15.2. The number of aromatic amines is 1. The van der Waals surface area contributed by atoms with Gasteiger partial charge in [0.15, 0.2) is 5.65 Å². The number of nitrogens with one attached hydrogen (secondary N) is 2. The van der Waals surface area contributed by atoms with Crippen molar-refractivity contribution in [3.8, 4) is 6.07 Å². The molecule has 0 aliphatic carbocycles. The highest BCUT2D eigenvalue weighted by Gasteiger charge is 2.05. The van der Waals surface area contributed by atoms with Gasteiger partial charge in [-0.2, -0.15) is 10.4 Å². The summed E-state index contributed by atoms with van der Waals surface area (Å²) in [5.41, 5.74) is 2.16. The predicted octanol–water partition coefficient (Wildman–Crippen LogP) is 1.97. The number of benzene rings is 1. The summed E-state index contributed by atoms with van der Waals surface area (Å²) in [7, 11) is 0. The topological polar surface area (TPSA) is 90.3 Å². The van der Waals surface area contributed by atoms with E-state index in [1.165, 1.54) is 6.33 Å². The van der Waals surface area contributed by atoms with Crippen LogP contribution in [0.4, 0.5) is 11.5 Å². The monoisotopic (exact) mass is 236 g/mol. The smallest absolute Gasteiger partial charge is 0.160 e. The van der Waals surface area contributed by atoms with Gasteiger partial charge in [-0.3, -0.25) is 5.10 Å². The lowest BCUT2D eigenvalue weighted by Crippen LogP contribution is -1.94. The fourth-order valence-electron chi connectivity index (χ4n) is 1.63. The maximum Gasteiger partial charge on any atom is 0.160 e. The summed E-state index contributed by atoms with van der Waals surface area (Å²) in [6.07, 6.45) is 3.13. The van der Waals surface area contributed by atoms with E-state index < -0.39 is 0 Å². The fourth-order valence-corrected chi connectivity index (χ4v) is 1.63. The lowest BCUT2D eigenvalue weighted by molar-refractivity contribution is 1.09. The minimum Gasteiger partial charge on any atom is -0.340 e. The van der Waals surface area contributed by atoms with E-state index in [0.717, 1.165) is 11.1 Å². The number of hydrogen-bond acceptors (Lipinski definition) is 5. The van der Waals surface area contributed by atoms with Gasteiger partial charge in [0.2, 0.25) is 0 Å². The Bertz CT molecular complexity index is 722. The molecule has 0 saturated carbocycles. The van der Waals surface area contributed by atoms with Crippen LogP contribution in [0.3, 0.4) is 0 Å². The van der Waals surface area contributed by atoms with Gasteiger partial charge >= 0.3 is 0 Å². The van der Waals surface area contributed by atoms with Crippen LogP contribution in [0.25, 0.3) is 11.0 Å². The zero-order valence-electron chi connectivity index (χ0n) is 9.25. The molecule has 6 nitrogen and oxygen atoms in total. The van der Waals surface area contributed by atoms with Gasteiger partial charge < -0.3 is 5.32 Å². The van der Waals surface area contributed by atoms with Crippen molar-refractivity contribution in [2.75, 3.05) is 5.32 Å². The molecule has 2 aromatic heterocycles. The molecule has 6 heteroatoms. The van der Waals surface area contributed by atoms with Crippen LogP contribution in [-0.2, 0) is 0 Å². The molecule has 0 radical (unpaired) electrons. The molecule has 0 spiro atoms. The second-order valence-corrected chi connectivity index (χ2v) is 3.67. The van der Waals surface area contributed by atoms with E-state index in [1.54, 1.807) is 18.3 Å². The second kappa shape index (κ2) is 4.14. The third-order valence-corrected chi connectivity index (χ3v) is 2.52. The summed E-state index contributed by atoms with van der Waals surface area (Å²) in [6.45, 7) is 0. The first kappa shape index (κ1) is 10.2. The number of nitriles is 1. The molecule has 0 fully saturated rings.